The van der Waals surface area contributed by atoms with E-state index in [1.165, 1.54) is 13.2 Å². The first kappa shape index (κ1) is 13.5. The third-order valence-electron chi connectivity index (χ3n) is 3.29. The molecular weight excluding hydrogens is 334 g/mol. The van der Waals surface area contributed by atoms with Crippen molar-refractivity contribution in [3.8, 4) is 0 Å². The Balaban J connectivity index is 2.25. The van der Waals surface area contributed by atoms with Crippen LogP contribution in [0.5, 0.6) is 0 Å². The Bertz CT molecular complexity index is 695. The molecule has 7 heteroatoms. The van der Waals surface area contributed by atoms with E-state index in [4.69, 9.17) is 0 Å². The summed E-state index contributed by atoms with van der Waals surface area (Å²) < 4.78 is 33.0. The number of imidazole rings is 1. The molecule has 0 atom stereocenters. The summed E-state index contributed by atoms with van der Waals surface area (Å²) in [5.74, 6) is -0.766. The van der Waals surface area contributed by atoms with E-state index in [-0.39, 0.29) is 17.4 Å². The van der Waals surface area contributed by atoms with Crippen LogP contribution in [0.4, 0.5) is 8.78 Å². The molecule has 0 saturated heterocycles. The number of methoxy groups -OCH3 is 1. The van der Waals surface area contributed by atoms with Gasteiger partial charge in [-0.25, -0.2) is 18.6 Å². The van der Waals surface area contributed by atoms with Crippen molar-refractivity contribution in [2.45, 2.75) is 25.3 Å². The number of alkyl halides is 2. The Labute approximate surface area is 121 Å². The molecule has 1 heterocycles. The van der Waals surface area contributed by atoms with Crippen LogP contribution in [0.3, 0.4) is 0 Å². The molecule has 4 nitrogen and oxygen atoms in total. The highest BCUT2D eigenvalue weighted by Gasteiger charge is 2.32. The number of carbonyl (C=O) groups is 1. The lowest BCUT2D eigenvalue weighted by atomic mass is 10.2. The number of benzene rings is 1. The van der Waals surface area contributed by atoms with E-state index in [9.17, 15) is 13.6 Å². The van der Waals surface area contributed by atoms with E-state index >= 15 is 0 Å². The lowest BCUT2D eigenvalue weighted by molar-refractivity contribution is 0.0601. The van der Waals surface area contributed by atoms with Crippen molar-refractivity contribution in [3.05, 3.63) is 28.0 Å². The van der Waals surface area contributed by atoms with Gasteiger partial charge in [-0.2, -0.15) is 0 Å². The Morgan fingerprint density at radius 1 is 1.50 bits per heavy atom. The summed E-state index contributed by atoms with van der Waals surface area (Å²) in [6.45, 7) is 0. The standard InChI is InChI=1S/C13H11BrF2N2O2/c1-20-13(19)6-4-8(14)10-9(5-6)17-12(11(15)16)18(10)7-2-3-7/h4-5,7,11H,2-3H2,1H3. The summed E-state index contributed by atoms with van der Waals surface area (Å²) in [6, 6.07) is 3.13. The summed E-state index contributed by atoms with van der Waals surface area (Å²) >= 11 is 3.34. The molecule has 0 aliphatic heterocycles. The van der Waals surface area contributed by atoms with Crippen molar-refractivity contribution >= 4 is 32.9 Å². The molecule has 106 valence electrons. The number of halogens is 3. The molecule has 1 aliphatic rings. The molecule has 3 rings (SSSR count). The average Bonchev–Trinajstić information content (AvgIpc) is 3.17. The van der Waals surface area contributed by atoms with Gasteiger partial charge >= 0.3 is 5.97 Å². The number of aromatic nitrogens is 2. The smallest absolute Gasteiger partial charge is 0.337 e. The van der Waals surface area contributed by atoms with Crippen molar-refractivity contribution in [2.24, 2.45) is 0 Å². The first-order chi connectivity index (χ1) is 9.52. The summed E-state index contributed by atoms with van der Waals surface area (Å²) in [4.78, 5) is 15.5. The lowest BCUT2D eigenvalue weighted by Crippen LogP contribution is -2.03. The molecule has 1 fully saturated rings. The summed E-state index contributed by atoms with van der Waals surface area (Å²) in [5, 5.41) is 0. The number of fused-ring (bicyclic) bond motifs is 1. The van der Waals surface area contributed by atoms with Crippen LogP contribution in [0.2, 0.25) is 0 Å². The topological polar surface area (TPSA) is 44.1 Å². The minimum Gasteiger partial charge on any atom is -0.465 e. The number of esters is 1. The van der Waals surface area contributed by atoms with Crippen LogP contribution in [0.15, 0.2) is 16.6 Å². The zero-order chi connectivity index (χ0) is 14.4. The highest BCUT2D eigenvalue weighted by molar-refractivity contribution is 9.10. The average molecular weight is 345 g/mol. The van der Waals surface area contributed by atoms with Crippen molar-refractivity contribution in [3.63, 3.8) is 0 Å². The first-order valence-electron chi connectivity index (χ1n) is 6.10. The van der Waals surface area contributed by atoms with Crippen LogP contribution >= 0.6 is 15.9 Å². The maximum absolute atomic E-state index is 13.1. The number of ether oxygens (including phenoxy) is 1. The van der Waals surface area contributed by atoms with Crippen LogP contribution in [0, 0.1) is 0 Å². The molecule has 0 spiro atoms. The van der Waals surface area contributed by atoms with Gasteiger partial charge in [-0.3, -0.25) is 0 Å². The van der Waals surface area contributed by atoms with Gasteiger partial charge in [0.2, 0.25) is 0 Å². The lowest BCUT2D eigenvalue weighted by Gasteiger charge is -2.08. The third-order valence-corrected chi connectivity index (χ3v) is 3.90. The van der Waals surface area contributed by atoms with Crippen LogP contribution < -0.4 is 0 Å². The second-order valence-corrected chi connectivity index (χ2v) is 5.54. The van der Waals surface area contributed by atoms with E-state index in [0.29, 0.717) is 15.5 Å². The Morgan fingerprint density at radius 2 is 2.20 bits per heavy atom. The predicted octanol–water partition coefficient (Wildman–Crippen LogP) is 3.86. The fourth-order valence-corrected chi connectivity index (χ4v) is 2.93. The van der Waals surface area contributed by atoms with Gasteiger partial charge in [0.1, 0.15) is 0 Å². The number of carbonyl (C=O) groups excluding carboxylic acids is 1. The zero-order valence-electron chi connectivity index (χ0n) is 10.6. The van der Waals surface area contributed by atoms with Gasteiger partial charge in [0.15, 0.2) is 5.82 Å². The van der Waals surface area contributed by atoms with Crippen molar-refractivity contribution in [1.29, 1.82) is 0 Å². The second-order valence-electron chi connectivity index (χ2n) is 4.69. The van der Waals surface area contributed by atoms with Gasteiger partial charge < -0.3 is 9.30 Å². The normalized spacial score (nSPS) is 15.1. The van der Waals surface area contributed by atoms with Gasteiger partial charge in [-0.15, -0.1) is 0 Å². The molecule has 0 radical (unpaired) electrons. The SMILES string of the molecule is COC(=O)c1cc(Br)c2c(c1)nc(C(F)F)n2C1CC1. The zero-order valence-corrected chi connectivity index (χ0v) is 12.2. The second kappa shape index (κ2) is 4.80. The molecule has 1 aromatic carbocycles. The van der Waals surface area contributed by atoms with Gasteiger partial charge in [0.05, 0.1) is 23.7 Å². The Hall–Kier alpha value is -1.50. The van der Waals surface area contributed by atoms with E-state index < -0.39 is 12.4 Å². The largest absolute Gasteiger partial charge is 0.465 e. The first-order valence-corrected chi connectivity index (χ1v) is 6.90. The molecule has 0 N–H and O–H groups in total. The van der Waals surface area contributed by atoms with E-state index in [1.807, 2.05) is 0 Å². The third kappa shape index (κ3) is 2.09. The van der Waals surface area contributed by atoms with Gasteiger partial charge in [0.25, 0.3) is 6.43 Å². The van der Waals surface area contributed by atoms with Crippen molar-refractivity contribution in [2.75, 3.05) is 7.11 Å². The van der Waals surface area contributed by atoms with Gasteiger partial charge in [-0.1, -0.05) is 0 Å². The fourth-order valence-electron chi connectivity index (χ4n) is 2.29. The number of nitrogens with zero attached hydrogens (tertiary/aromatic N) is 2. The van der Waals surface area contributed by atoms with Gasteiger partial charge in [-0.05, 0) is 40.9 Å². The van der Waals surface area contributed by atoms with E-state index in [0.717, 1.165) is 12.8 Å². The highest BCUT2D eigenvalue weighted by atomic mass is 79.9. The van der Waals surface area contributed by atoms with Gasteiger partial charge in [0, 0.05) is 10.5 Å². The summed E-state index contributed by atoms with van der Waals surface area (Å²) in [6.07, 6.45) is -0.899. The molecule has 20 heavy (non-hydrogen) atoms. The Kier molecular flexibility index (Phi) is 3.24. The van der Waals surface area contributed by atoms with Crippen molar-refractivity contribution in [1.82, 2.24) is 9.55 Å². The number of rotatable bonds is 3. The fraction of sp³-hybridized carbons (Fsp3) is 0.385. The molecule has 2 aromatic rings. The monoisotopic (exact) mass is 344 g/mol. The van der Waals surface area contributed by atoms with Crippen LogP contribution in [0.1, 0.15) is 41.5 Å². The molecule has 0 amide bonds. The maximum Gasteiger partial charge on any atom is 0.337 e. The van der Waals surface area contributed by atoms with Crippen LogP contribution in [0.25, 0.3) is 11.0 Å². The molecule has 1 aromatic heterocycles. The maximum atomic E-state index is 13.1. The highest BCUT2D eigenvalue weighted by Crippen LogP contribution is 2.42. The molecule has 0 bridgehead atoms. The quantitative estimate of drug-likeness (QED) is 0.794. The minimum atomic E-state index is -2.64. The van der Waals surface area contributed by atoms with Crippen molar-refractivity contribution < 1.29 is 18.3 Å². The molecular formula is C13H11BrF2N2O2. The predicted molar refractivity (Wildman–Crippen MR) is 72.0 cm³/mol. The van der Waals surface area contributed by atoms with Crippen LogP contribution in [-0.2, 0) is 4.74 Å². The molecule has 0 unspecified atom stereocenters. The summed E-state index contributed by atoms with van der Waals surface area (Å²) in [7, 11) is 1.27. The number of hydrogen-bond donors (Lipinski definition) is 0. The molecule has 1 saturated carbocycles. The Morgan fingerprint density at radius 3 is 2.75 bits per heavy atom. The minimum absolute atomic E-state index is 0.0734. The van der Waals surface area contributed by atoms with Crippen LogP contribution in [-0.4, -0.2) is 22.6 Å². The number of hydrogen-bond acceptors (Lipinski definition) is 3. The molecule has 1 aliphatic carbocycles. The summed E-state index contributed by atoms with van der Waals surface area (Å²) in [5.41, 5.74) is 1.27. The van der Waals surface area contributed by atoms with E-state index in [1.54, 1.807) is 10.6 Å². The van der Waals surface area contributed by atoms with E-state index in [2.05, 4.69) is 25.7 Å².